The number of ether oxygens (including phenoxy) is 1. The lowest BCUT2D eigenvalue weighted by atomic mass is 10.2. The highest BCUT2D eigenvalue weighted by atomic mass is 79.9. The Kier molecular flexibility index (Phi) is 7.03. The number of carbonyl (C=O) groups excluding carboxylic acids is 2. The number of methoxy groups -OCH3 is 1. The van der Waals surface area contributed by atoms with Gasteiger partial charge in [-0.2, -0.15) is 0 Å². The van der Waals surface area contributed by atoms with Gasteiger partial charge in [-0.1, -0.05) is 28.1 Å². The highest BCUT2D eigenvalue weighted by molar-refractivity contribution is 9.10. The molecule has 0 saturated carbocycles. The van der Waals surface area contributed by atoms with Gasteiger partial charge < -0.3 is 20.3 Å². The van der Waals surface area contributed by atoms with Crippen molar-refractivity contribution in [3.63, 3.8) is 0 Å². The molecule has 3 amide bonds. The van der Waals surface area contributed by atoms with Crippen molar-refractivity contribution in [3.8, 4) is 5.75 Å². The van der Waals surface area contributed by atoms with Gasteiger partial charge in [0.2, 0.25) is 5.91 Å². The molecule has 138 valence electrons. The number of aryl methyl sites for hydroxylation is 1. The first-order valence-corrected chi connectivity index (χ1v) is 8.86. The third kappa shape index (κ3) is 5.77. The lowest BCUT2D eigenvalue weighted by Crippen LogP contribution is -2.39. The first-order valence-electron chi connectivity index (χ1n) is 8.07. The quantitative estimate of drug-likeness (QED) is 0.751. The molecule has 26 heavy (non-hydrogen) atoms. The number of anilines is 1. The summed E-state index contributed by atoms with van der Waals surface area (Å²) < 4.78 is 6.22. The van der Waals surface area contributed by atoms with Gasteiger partial charge in [-0.25, -0.2) is 4.79 Å². The lowest BCUT2D eigenvalue weighted by molar-refractivity contribution is -0.129. The van der Waals surface area contributed by atoms with Gasteiger partial charge in [0.15, 0.2) is 0 Å². The predicted molar refractivity (Wildman–Crippen MR) is 105 cm³/mol. The van der Waals surface area contributed by atoms with E-state index in [0.29, 0.717) is 18.0 Å². The standard InChI is InChI=1S/C19H22BrN3O3/c1-13-5-4-6-16(9-13)22-19(25)21-11-18(24)23(2)12-14-10-15(20)7-8-17(14)26-3/h4-10H,11-12H2,1-3H3,(H2,21,22,25). The van der Waals surface area contributed by atoms with Crippen LogP contribution in [-0.2, 0) is 11.3 Å². The van der Waals surface area contributed by atoms with E-state index in [2.05, 4.69) is 26.6 Å². The molecular weight excluding hydrogens is 398 g/mol. The third-order valence-corrected chi connectivity index (χ3v) is 4.25. The van der Waals surface area contributed by atoms with E-state index in [1.54, 1.807) is 20.2 Å². The number of rotatable bonds is 6. The summed E-state index contributed by atoms with van der Waals surface area (Å²) in [6, 6.07) is 12.6. The van der Waals surface area contributed by atoms with Crippen molar-refractivity contribution < 1.29 is 14.3 Å². The van der Waals surface area contributed by atoms with Crippen molar-refractivity contribution >= 4 is 33.6 Å². The van der Waals surface area contributed by atoms with Crippen molar-refractivity contribution in [2.45, 2.75) is 13.5 Å². The van der Waals surface area contributed by atoms with Crippen LogP contribution in [0.2, 0.25) is 0 Å². The number of benzene rings is 2. The molecular formula is C19H22BrN3O3. The van der Waals surface area contributed by atoms with Crippen LogP contribution in [-0.4, -0.2) is 37.5 Å². The van der Waals surface area contributed by atoms with E-state index in [-0.39, 0.29) is 12.5 Å². The first-order chi connectivity index (χ1) is 12.4. The molecule has 6 nitrogen and oxygen atoms in total. The summed E-state index contributed by atoms with van der Waals surface area (Å²) in [4.78, 5) is 25.7. The molecule has 0 unspecified atom stereocenters. The van der Waals surface area contributed by atoms with Crippen LogP contribution in [0.5, 0.6) is 5.75 Å². The second-order valence-electron chi connectivity index (χ2n) is 5.88. The van der Waals surface area contributed by atoms with Crippen LogP contribution < -0.4 is 15.4 Å². The molecule has 2 aromatic rings. The Morgan fingerprint density at radius 3 is 2.65 bits per heavy atom. The SMILES string of the molecule is COc1ccc(Br)cc1CN(C)C(=O)CNC(=O)Nc1cccc(C)c1. The second kappa shape index (κ2) is 9.24. The Morgan fingerprint density at radius 1 is 1.19 bits per heavy atom. The predicted octanol–water partition coefficient (Wildman–Crippen LogP) is 3.55. The number of hydrogen-bond acceptors (Lipinski definition) is 3. The molecule has 0 saturated heterocycles. The Bertz CT molecular complexity index is 795. The molecule has 0 spiro atoms. The molecule has 0 bridgehead atoms. The average molecular weight is 420 g/mol. The van der Waals surface area contributed by atoms with Crippen LogP contribution in [0.25, 0.3) is 0 Å². The lowest BCUT2D eigenvalue weighted by Gasteiger charge is -2.19. The number of nitrogens with zero attached hydrogens (tertiary/aromatic N) is 1. The van der Waals surface area contributed by atoms with Crippen LogP contribution in [0.1, 0.15) is 11.1 Å². The maximum absolute atomic E-state index is 12.3. The topological polar surface area (TPSA) is 70.7 Å². The summed E-state index contributed by atoms with van der Waals surface area (Å²) in [7, 11) is 3.27. The van der Waals surface area contributed by atoms with Crippen molar-refractivity contribution in [3.05, 3.63) is 58.1 Å². The fourth-order valence-corrected chi connectivity index (χ4v) is 2.81. The van der Waals surface area contributed by atoms with Crippen LogP contribution in [0.4, 0.5) is 10.5 Å². The van der Waals surface area contributed by atoms with Gasteiger partial charge in [0.25, 0.3) is 0 Å². The fourth-order valence-electron chi connectivity index (χ4n) is 2.40. The normalized spacial score (nSPS) is 10.2. The molecule has 0 aromatic heterocycles. The molecule has 0 aliphatic heterocycles. The van der Waals surface area contributed by atoms with Gasteiger partial charge in [-0.05, 0) is 42.8 Å². The van der Waals surface area contributed by atoms with E-state index >= 15 is 0 Å². The molecule has 0 radical (unpaired) electrons. The molecule has 0 heterocycles. The smallest absolute Gasteiger partial charge is 0.319 e. The van der Waals surface area contributed by atoms with E-state index in [1.807, 2.05) is 43.3 Å². The summed E-state index contributed by atoms with van der Waals surface area (Å²) in [6.07, 6.45) is 0. The van der Waals surface area contributed by atoms with Gasteiger partial charge in [0, 0.05) is 29.3 Å². The van der Waals surface area contributed by atoms with E-state index in [0.717, 1.165) is 15.6 Å². The summed E-state index contributed by atoms with van der Waals surface area (Å²) in [5.74, 6) is 0.504. The molecule has 2 rings (SSSR count). The number of hydrogen-bond donors (Lipinski definition) is 2. The average Bonchev–Trinajstić information content (AvgIpc) is 2.60. The third-order valence-electron chi connectivity index (χ3n) is 3.75. The maximum Gasteiger partial charge on any atom is 0.319 e. The minimum Gasteiger partial charge on any atom is -0.496 e. The first kappa shape index (κ1) is 19.8. The van der Waals surface area contributed by atoms with E-state index < -0.39 is 6.03 Å². The summed E-state index contributed by atoms with van der Waals surface area (Å²) in [5.41, 5.74) is 2.60. The fraction of sp³-hybridized carbons (Fsp3) is 0.263. The Morgan fingerprint density at radius 2 is 1.96 bits per heavy atom. The maximum atomic E-state index is 12.3. The second-order valence-corrected chi connectivity index (χ2v) is 6.80. The highest BCUT2D eigenvalue weighted by Gasteiger charge is 2.13. The largest absolute Gasteiger partial charge is 0.496 e. The minimum atomic E-state index is -0.419. The summed E-state index contributed by atoms with van der Waals surface area (Å²) in [6.45, 7) is 2.23. The molecule has 0 fully saturated rings. The summed E-state index contributed by atoms with van der Waals surface area (Å²) >= 11 is 3.41. The number of halogens is 1. The number of urea groups is 1. The minimum absolute atomic E-state index is 0.0928. The molecule has 0 aliphatic carbocycles. The van der Waals surface area contributed by atoms with E-state index in [9.17, 15) is 9.59 Å². The van der Waals surface area contributed by atoms with Crippen molar-refractivity contribution in [2.24, 2.45) is 0 Å². The van der Waals surface area contributed by atoms with Crippen LogP contribution in [0.3, 0.4) is 0 Å². The van der Waals surface area contributed by atoms with E-state index in [1.165, 1.54) is 4.90 Å². The molecule has 0 atom stereocenters. The zero-order valence-electron chi connectivity index (χ0n) is 15.0. The summed E-state index contributed by atoms with van der Waals surface area (Å²) in [5, 5.41) is 5.28. The Balaban J connectivity index is 1.87. The van der Waals surface area contributed by atoms with Gasteiger partial charge in [-0.15, -0.1) is 0 Å². The molecule has 7 heteroatoms. The van der Waals surface area contributed by atoms with Gasteiger partial charge >= 0.3 is 6.03 Å². The Labute approximate surface area is 161 Å². The molecule has 0 aliphatic rings. The van der Waals surface area contributed by atoms with Crippen LogP contribution in [0, 0.1) is 6.92 Å². The number of amides is 3. The zero-order chi connectivity index (χ0) is 19.1. The molecule has 2 N–H and O–H groups in total. The highest BCUT2D eigenvalue weighted by Crippen LogP contribution is 2.24. The van der Waals surface area contributed by atoms with Gasteiger partial charge in [-0.3, -0.25) is 4.79 Å². The number of likely N-dealkylation sites (N-methyl/N-ethyl adjacent to an activating group) is 1. The Hall–Kier alpha value is -2.54. The number of nitrogens with one attached hydrogen (secondary N) is 2. The van der Waals surface area contributed by atoms with Crippen molar-refractivity contribution in [1.29, 1.82) is 0 Å². The zero-order valence-corrected chi connectivity index (χ0v) is 16.6. The van der Waals surface area contributed by atoms with Crippen molar-refractivity contribution in [1.82, 2.24) is 10.2 Å². The van der Waals surface area contributed by atoms with Crippen LogP contribution in [0.15, 0.2) is 46.9 Å². The van der Waals surface area contributed by atoms with Crippen molar-refractivity contribution in [2.75, 3.05) is 26.0 Å². The van der Waals surface area contributed by atoms with E-state index in [4.69, 9.17) is 4.74 Å². The van der Waals surface area contributed by atoms with Gasteiger partial charge in [0.05, 0.1) is 13.7 Å². The van der Waals surface area contributed by atoms with Gasteiger partial charge in [0.1, 0.15) is 5.75 Å². The number of carbonyl (C=O) groups is 2. The van der Waals surface area contributed by atoms with Crippen LogP contribution >= 0.6 is 15.9 Å². The monoisotopic (exact) mass is 419 g/mol. The molecule has 2 aromatic carbocycles.